The highest BCUT2D eigenvalue weighted by Gasteiger charge is 2.31. The van der Waals surface area contributed by atoms with E-state index in [9.17, 15) is 4.39 Å². The van der Waals surface area contributed by atoms with E-state index in [2.05, 4.69) is 18.7 Å². The summed E-state index contributed by atoms with van der Waals surface area (Å²) in [5.41, 5.74) is 7.98. The number of benzene rings is 1. The summed E-state index contributed by atoms with van der Waals surface area (Å²) in [5.74, 6) is 0.340. The molecule has 2 unspecified atom stereocenters. The number of nitrogens with zero attached hydrogens (tertiary/aromatic N) is 1. The van der Waals surface area contributed by atoms with Crippen LogP contribution in [0.25, 0.3) is 0 Å². The summed E-state index contributed by atoms with van der Waals surface area (Å²) >= 11 is 0. The van der Waals surface area contributed by atoms with Gasteiger partial charge in [0.15, 0.2) is 0 Å². The molecule has 1 aliphatic rings. The average molecular weight is 278 g/mol. The lowest BCUT2D eigenvalue weighted by molar-refractivity contribution is 0.121. The highest BCUT2D eigenvalue weighted by Crippen LogP contribution is 2.36. The first kappa shape index (κ1) is 15.5. The zero-order valence-corrected chi connectivity index (χ0v) is 12.9. The molecule has 1 fully saturated rings. The number of likely N-dealkylation sites (tertiary alicyclic amines) is 1. The molecule has 1 aromatic carbocycles. The van der Waals surface area contributed by atoms with Crippen molar-refractivity contribution in [1.29, 1.82) is 0 Å². The first-order valence-electron chi connectivity index (χ1n) is 7.76. The van der Waals surface area contributed by atoms with E-state index in [0.717, 1.165) is 12.1 Å². The monoisotopic (exact) mass is 278 g/mol. The molecule has 1 aliphatic heterocycles. The maximum atomic E-state index is 13.5. The summed E-state index contributed by atoms with van der Waals surface area (Å²) in [6.45, 7) is 8.12. The van der Waals surface area contributed by atoms with Crippen LogP contribution in [-0.2, 0) is 0 Å². The Labute approximate surface area is 122 Å². The molecule has 0 radical (unpaired) electrons. The molecule has 1 aromatic rings. The molecule has 0 amide bonds. The Morgan fingerprint density at radius 2 is 2.10 bits per heavy atom. The van der Waals surface area contributed by atoms with E-state index in [0.29, 0.717) is 24.5 Å². The SMILES string of the molecule is Cc1cc(C2C(CN)CCCCN2C(C)C)ccc1F. The summed E-state index contributed by atoms with van der Waals surface area (Å²) in [4.78, 5) is 2.54. The summed E-state index contributed by atoms with van der Waals surface area (Å²) in [6.07, 6.45) is 3.63. The van der Waals surface area contributed by atoms with Crippen molar-refractivity contribution in [1.82, 2.24) is 4.90 Å². The fourth-order valence-corrected chi connectivity index (χ4v) is 3.41. The molecule has 0 aromatic heterocycles. The van der Waals surface area contributed by atoms with Crippen LogP contribution in [-0.4, -0.2) is 24.0 Å². The van der Waals surface area contributed by atoms with Crippen LogP contribution in [0.2, 0.25) is 0 Å². The summed E-state index contributed by atoms with van der Waals surface area (Å²) in [7, 11) is 0. The first-order valence-corrected chi connectivity index (χ1v) is 7.76. The van der Waals surface area contributed by atoms with Crippen LogP contribution in [0.15, 0.2) is 18.2 Å². The van der Waals surface area contributed by atoms with Crippen LogP contribution < -0.4 is 5.73 Å². The number of aryl methyl sites for hydroxylation is 1. The minimum Gasteiger partial charge on any atom is -0.330 e. The van der Waals surface area contributed by atoms with Gasteiger partial charge in [-0.25, -0.2) is 4.39 Å². The van der Waals surface area contributed by atoms with Gasteiger partial charge in [-0.05, 0) is 69.8 Å². The molecule has 0 aliphatic carbocycles. The Balaban J connectivity index is 2.40. The van der Waals surface area contributed by atoms with Crippen molar-refractivity contribution < 1.29 is 4.39 Å². The van der Waals surface area contributed by atoms with Crippen LogP contribution in [0.1, 0.15) is 50.3 Å². The number of halogens is 1. The fraction of sp³-hybridized carbons (Fsp3) is 0.647. The Morgan fingerprint density at radius 3 is 2.70 bits per heavy atom. The Kier molecular flexibility index (Phi) is 5.17. The van der Waals surface area contributed by atoms with Crippen molar-refractivity contribution in [2.24, 2.45) is 11.7 Å². The Hall–Kier alpha value is -0.930. The highest BCUT2D eigenvalue weighted by atomic mass is 19.1. The standard InChI is InChI=1S/C17H27FN2/c1-12(2)20-9-5-4-6-15(11-19)17(20)14-7-8-16(18)13(3)10-14/h7-8,10,12,15,17H,4-6,9,11,19H2,1-3H3. The second kappa shape index (κ2) is 6.68. The van der Waals surface area contributed by atoms with Gasteiger partial charge in [-0.1, -0.05) is 18.6 Å². The maximum Gasteiger partial charge on any atom is 0.126 e. The van der Waals surface area contributed by atoms with Crippen molar-refractivity contribution in [3.63, 3.8) is 0 Å². The zero-order valence-electron chi connectivity index (χ0n) is 12.9. The van der Waals surface area contributed by atoms with Crippen molar-refractivity contribution in [2.75, 3.05) is 13.1 Å². The molecule has 2 atom stereocenters. The minimum atomic E-state index is -0.122. The van der Waals surface area contributed by atoms with Crippen LogP contribution in [0.5, 0.6) is 0 Å². The molecule has 0 spiro atoms. The van der Waals surface area contributed by atoms with Gasteiger partial charge in [-0.3, -0.25) is 4.90 Å². The third-order valence-electron chi connectivity index (χ3n) is 4.53. The summed E-state index contributed by atoms with van der Waals surface area (Å²) in [6, 6.07) is 6.35. The smallest absolute Gasteiger partial charge is 0.126 e. The number of hydrogen-bond acceptors (Lipinski definition) is 2. The maximum absolute atomic E-state index is 13.5. The van der Waals surface area contributed by atoms with Crippen molar-refractivity contribution in [3.8, 4) is 0 Å². The molecule has 2 nitrogen and oxygen atoms in total. The molecule has 0 bridgehead atoms. The van der Waals surface area contributed by atoms with Gasteiger partial charge in [0.05, 0.1) is 0 Å². The highest BCUT2D eigenvalue weighted by molar-refractivity contribution is 5.27. The third-order valence-corrected chi connectivity index (χ3v) is 4.53. The second-order valence-electron chi connectivity index (χ2n) is 6.28. The van der Waals surface area contributed by atoms with E-state index in [1.165, 1.54) is 24.8 Å². The molecule has 2 rings (SSSR count). The third kappa shape index (κ3) is 3.21. The van der Waals surface area contributed by atoms with Crippen LogP contribution in [0, 0.1) is 18.7 Å². The van der Waals surface area contributed by atoms with Gasteiger partial charge in [0, 0.05) is 12.1 Å². The molecule has 3 heteroatoms. The van der Waals surface area contributed by atoms with Gasteiger partial charge in [-0.15, -0.1) is 0 Å². The fourth-order valence-electron chi connectivity index (χ4n) is 3.41. The number of nitrogens with two attached hydrogens (primary N) is 1. The topological polar surface area (TPSA) is 29.3 Å². The predicted octanol–water partition coefficient (Wildman–Crippen LogP) is 3.64. The van der Waals surface area contributed by atoms with Crippen LogP contribution in [0.4, 0.5) is 4.39 Å². The van der Waals surface area contributed by atoms with E-state index in [1.54, 1.807) is 6.07 Å². The van der Waals surface area contributed by atoms with Gasteiger partial charge >= 0.3 is 0 Å². The van der Waals surface area contributed by atoms with E-state index in [1.807, 2.05) is 19.1 Å². The Bertz CT molecular complexity index is 445. The lowest BCUT2D eigenvalue weighted by atomic mass is 9.88. The normalized spacial score (nSPS) is 24.9. The van der Waals surface area contributed by atoms with Gasteiger partial charge in [-0.2, -0.15) is 0 Å². The van der Waals surface area contributed by atoms with Crippen molar-refractivity contribution in [2.45, 2.75) is 52.1 Å². The Morgan fingerprint density at radius 1 is 1.35 bits per heavy atom. The molecule has 1 heterocycles. The molecular weight excluding hydrogens is 251 g/mol. The van der Waals surface area contributed by atoms with Gasteiger partial charge < -0.3 is 5.73 Å². The minimum absolute atomic E-state index is 0.122. The quantitative estimate of drug-likeness (QED) is 0.914. The molecule has 20 heavy (non-hydrogen) atoms. The lowest BCUT2D eigenvalue weighted by Gasteiger charge is -2.38. The molecular formula is C17H27FN2. The zero-order chi connectivity index (χ0) is 14.7. The van der Waals surface area contributed by atoms with Gasteiger partial charge in [0.25, 0.3) is 0 Å². The van der Waals surface area contributed by atoms with E-state index in [-0.39, 0.29) is 5.82 Å². The van der Waals surface area contributed by atoms with Gasteiger partial charge in [0.2, 0.25) is 0 Å². The lowest BCUT2D eigenvalue weighted by Crippen LogP contribution is -2.39. The molecule has 0 saturated carbocycles. The van der Waals surface area contributed by atoms with Crippen LogP contribution >= 0.6 is 0 Å². The molecule has 2 N–H and O–H groups in total. The molecule has 1 saturated heterocycles. The first-order chi connectivity index (χ1) is 9.54. The largest absolute Gasteiger partial charge is 0.330 e. The van der Waals surface area contributed by atoms with Crippen molar-refractivity contribution >= 4 is 0 Å². The summed E-state index contributed by atoms with van der Waals surface area (Å²) < 4.78 is 13.5. The van der Waals surface area contributed by atoms with Gasteiger partial charge in [0.1, 0.15) is 5.82 Å². The second-order valence-corrected chi connectivity index (χ2v) is 6.28. The van der Waals surface area contributed by atoms with Crippen molar-refractivity contribution in [3.05, 3.63) is 35.1 Å². The number of rotatable bonds is 3. The molecule has 112 valence electrons. The van der Waals surface area contributed by atoms with E-state index < -0.39 is 0 Å². The predicted molar refractivity (Wildman–Crippen MR) is 82.1 cm³/mol. The number of hydrogen-bond donors (Lipinski definition) is 1. The van der Waals surface area contributed by atoms with E-state index >= 15 is 0 Å². The van der Waals surface area contributed by atoms with Crippen LogP contribution in [0.3, 0.4) is 0 Å². The average Bonchev–Trinajstić information content (AvgIpc) is 2.64. The summed E-state index contributed by atoms with van der Waals surface area (Å²) in [5, 5.41) is 0. The van der Waals surface area contributed by atoms with E-state index in [4.69, 9.17) is 5.73 Å².